The van der Waals surface area contributed by atoms with Gasteiger partial charge in [-0.25, -0.2) is 4.79 Å². The van der Waals surface area contributed by atoms with Gasteiger partial charge in [-0.15, -0.1) is 22.0 Å². The van der Waals surface area contributed by atoms with Gasteiger partial charge in [-0.1, -0.05) is 65.4 Å². The van der Waals surface area contributed by atoms with Crippen molar-refractivity contribution >= 4 is 51.5 Å². The van der Waals surface area contributed by atoms with E-state index in [9.17, 15) is 4.79 Å². The van der Waals surface area contributed by atoms with Crippen molar-refractivity contribution in [2.24, 2.45) is 0 Å². The lowest BCUT2D eigenvalue weighted by atomic mass is 10.2. The van der Waals surface area contributed by atoms with Gasteiger partial charge in [0.1, 0.15) is 5.75 Å². The molecule has 162 valence electrons. The van der Waals surface area contributed by atoms with E-state index in [-0.39, 0.29) is 0 Å². The number of amides is 2. The highest BCUT2D eigenvalue weighted by molar-refractivity contribution is 7.98. The van der Waals surface area contributed by atoms with Gasteiger partial charge in [-0.2, -0.15) is 0 Å². The van der Waals surface area contributed by atoms with Crippen LogP contribution in [0.2, 0.25) is 5.02 Å². The van der Waals surface area contributed by atoms with Gasteiger partial charge < -0.3 is 10.1 Å². The quantitative estimate of drug-likeness (QED) is 0.283. The zero-order valence-corrected chi connectivity index (χ0v) is 19.4. The second-order valence-corrected chi connectivity index (χ2v) is 9.03. The lowest BCUT2D eigenvalue weighted by Gasteiger charge is -2.09. The fourth-order valence-electron chi connectivity index (χ4n) is 2.89. The maximum Gasteiger partial charge on any atom is 0.325 e. The molecular weight excluding hydrogens is 464 g/mol. The van der Waals surface area contributed by atoms with E-state index in [0.717, 1.165) is 26.2 Å². The number of aromatic nitrogens is 2. The van der Waals surface area contributed by atoms with Crippen LogP contribution in [0.25, 0.3) is 10.6 Å². The van der Waals surface area contributed by atoms with Crippen molar-refractivity contribution in [1.82, 2.24) is 10.2 Å². The van der Waals surface area contributed by atoms with Crippen LogP contribution in [0.3, 0.4) is 0 Å². The molecule has 6 nitrogen and oxygen atoms in total. The topological polar surface area (TPSA) is 76.1 Å². The zero-order chi connectivity index (χ0) is 22.3. The van der Waals surface area contributed by atoms with Crippen LogP contribution in [0.15, 0.2) is 77.7 Å². The minimum absolute atomic E-state index is 0.407. The van der Waals surface area contributed by atoms with Crippen LogP contribution in [0, 0.1) is 0 Å². The summed E-state index contributed by atoms with van der Waals surface area (Å²) in [5.74, 6) is 1.38. The molecule has 0 fully saturated rings. The van der Waals surface area contributed by atoms with E-state index in [4.69, 9.17) is 16.3 Å². The van der Waals surface area contributed by atoms with Crippen LogP contribution in [-0.2, 0) is 5.75 Å². The van der Waals surface area contributed by atoms with Gasteiger partial charge in [0.05, 0.1) is 12.8 Å². The Labute approximate surface area is 199 Å². The Bertz CT molecular complexity index is 1210. The smallest absolute Gasteiger partial charge is 0.325 e. The van der Waals surface area contributed by atoms with Crippen molar-refractivity contribution in [3.63, 3.8) is 0 Å². The van der Waals surface area contributed by atoms with Gasteiger partial charge in [0.15, 0.2) is 5.01 Å². The van der Waals surface area contributed by atoms with Crippen molar-refractivity contribution in [2.75, 3.05) is 17.7 Å². The molecule has 0 aliphatic carbocycles. The number of hydrogen-bond donors (Lipinski definition) is 2. The van der Waals surface area contributed by atoms with Crippen molar-refractivity contribution in [3.8, 4) is 16.3 Å². The summed E-state index contributed by atoms with van der Waals surface area (Å²) >= 11 is 9.00. The highest BCUT2D eigenvalue weighted by Crippen LogP contribution is 2.36. The number of anilines is 2. The molecule has 0 aliphatic rings. The molecule has 0 aliphatic heterocycles. The molecule has 0 spiro atoms. The van der Waals surface area contributed by atoms with Crippen LogP contribution >= 0.6 is 34.7 Å². The SMILES string of the molecule is COc1ccccc1NC(=O)Nc1nnc(-c2ccccc2SCc2ccc(Cl)cc2)s1. The Morgan fingerprint density at radius 3 is 2.56 bits per heavy atom. The number of benzene rings is 3. The molecule has 0 atom stereocenters. The monoisotopic (exact) mass is 482 g/mol. The number of carbonyl (C=O) groups excluding carboxylic acids is 1. The molecule has 9 heteroatoms. The van der Waals surface area contributed by atoms with Gasteiger partial charge in [0, 0.05) is 21.2 Å². The van der Waals surface area contributed by atoms with Crippen molar-refractivity contribution in [1.29, 1.82) is 0 Å². The van der Waals surface area contributed by atoms with Crippen LogP contribution in [-0.4, -0.2) is 23.3 Å². The molecule has 0 saturated heterocycles. The molecule has 0 radical (unpaired) electrons. The predicted octanol–water partition coefficient (Wildman–Crippen LogP) is 6.80. The van der Waals surface area contributed by atoms with Crippen molar-refractivity contribution in [3.05, 3.63) is 83.4 Å². The summed E-state index contributed by atoms with van der Waals surface area (Å²) < 4.78 is 5.26. The molecular formula is C23H19ClN4O2S2. The number of methoxy groups -OCH3 is 1. The van der Waals surface area contributed by atoms with E-state index in [1.54, 1.807) is 31.0 Å². The third-order valence-corrected chi connectivity index (χ3v) is 6.69. The third-order valence-electron chi connectivity index (χ3n) is 4.43. The average molecular weight is 483 g/mol. The maximum atomic E-state index is 12.4. The minimum atomic E-state index is -0.414. The minimum Gasteiger partial charge on any atom is -0.495 e. The Hall–Kier alpha value is -3.07. The first kappa shape index (κ1) is 22.1. The van der Waals surface area contributed by atoms with E-state index < -0.39 is 6.03 Å². The second-order valence-electron chi connectivity index (χ2n) is 6.60. The lowest BCUT2D eigenvalue weighted by molar-refractivity contribution is 0.262. The number of rotatable bonds is 7. The molecule has 4 rings (SSSR count). The van der Waals surface area contributed by atoms with Gasteiger partial charge in [0.25, 0.3) is 0 Å². The second kappa shape index (κ2) is 10.5. The molecule has 0 bridgehead atoms. The molecule has 4 aromatic rings. The predicted molar refractivity (Wildman–Crippen MR) is 132 cm³/mol. The van der Waals surface area contributed by atoms with E-state index in [1.807, 2.05) is 54.6 Å². The largest absolute Gasteiger partial charge is 0.495 e. The first-order chi connectivity index (χ1) is 15.6. The molecule has 0 saturated carbocycles. The van der Waals surface area contributed by atoms with Crippen LogP contribution in [0.4, 0.5) is 15.6 Å². The van der Waals surface area contributed by atoms with Crippen LogP contribution < -0.4 is 15.4 Å². The number of urea groups is 1. The molecule has 32 heavy (non-hydrogen) atoms. The molecule has 0 unspecified atom stereocenters. The molecule has 1 heterocycles. The van der Waals surface area contributed by atoms with Gasteiger partial charge in [-0.05, 0) is 35.9 Å². The highest BCUT2D eigenvalue weighted by Gasteiger charge is 2.14. The van der Waals surface area contributed by atoms with Gasteiger partial charge >= 0.3 is 6.03 Å². The maximum absolute atomic E-state index is 12.4. The number of nitrogens with one attached hydrogen (secondary N) is 2. The number of thioether (sulfide) groups is 1. The molecule has 2 amide bonds. The van der Waals surface area contributed by atoms with Crippen LogP contribution in [0.5, 0.6) is 5.75 Å². The van der Waals surface area contributed by atoms with E-state index in [1.165, 1.54) is 16.9 Å². The highest BCUT2D eigenvalue weighted by atomic mass is 35.5. The fraction of sp³-hybridized carbons (Fsp3) is 0.0870. The number of para-hydroxylation sites is 2. The van der Waals surface area contributed by atoms with E-state index in [2.05, 4.69) is 26.9 Å². The number of halogens is 1. The summed E-state index contributed by atoms with van der Waals surface area (Å²) in [6, 6.07) is 22.6. The van der Waals surface area contributed by atoms with Crippen LogP contribution in [0.1, 0.15) is 5.56 Å². The van der Waals surface area contributed by atoms with E-state index in [0.29, 0.717) is 16.6 Å². The number of hydrogen-bond acceptors (Lipinski definition) is 6. The standard InChI is InChI=1S/C23H19ClN4O2S2/c1-30-19-8-4-3-7-18(19)25-22(29)26-23-28-27-21(32-23)17-6-2-5-9-20(17)31-14-15-10-12-16(24)13-11-15/h2-13H,14H2,1H3,(H2,25,26,28,29). The molecule has 3 aromatic carbocycles. The van der Waals surface area contributed by atoms with Crippen molar-refractivity contribution < 1.29 is 9.53 Å². The first-order valence-corrected chi connectivity index (χ1v) is 11.8. The Kier molecular flexibility index (Phi) is 7.26. The number of ether oxygens (including phenoxy) is 1. The Balaban J connectivity index is 1.44. The third kappa shape index (κ3) is 5.59. The fourth-order valence-corrected chi connectivity index (χ4v) is 4.87. The summed E-state index contributed by atoms with van der Waals surface area (Å²) in [5, 5.41) is 15.8. The number of nitrogens with zero attached hydrogens (tertiary/aromatic N) is 2. The summed E-state index contributed by atoms with van der Waals surface area (Å²) in [6.07, 6.45) is 0. The summed E-state index contributed by atoms with van der Waals surface area (Å²) in [5.41, 5.74) is 2.73. The summed E-state index contributed by atoms with van der Waals surface area (Å²) in [6.45, 7) is 0. The van der Waals surface area contributed by atoms with Gasteiger partial charge in [-0.3, -0.25) is 5.32 Å². The average Bonchev–Trinajstić information content (AvgIpc) is 3.27. The van der Waals surface area contributed by atoms with E-state index >= 15 is 0 Å². The Morgan fingerprint density at radius 1 is 1.00 bits per heavy atom. The number of carbonyl (C=O) groups is 1. The van der Waals surface area contributed by atoms with Crippen molar-refractivity contribution in [2.45, 2.75) is 10.6 Å². The Morgan fingerprint density at radius 2 is 1.75 bits per heavy atom. The zero-order valence-electron chi connectivity index (χ0n) is 17.0. The van der Waals surface area contributed by atoms with Gasteiger partial charge in [0.2, 0.25) is 5.13 Å². The summed E-state index contributed by atoms with van der Waals surface area (Å²) in [7, 11) is 1.55. The summed E-state index contributed by atoms with van der Waals surface area (Å²) in [4.78, 5) is 13.5. The molecule has 2 N–H and O–H groups in total. The molecule has 1 aromatic heterocycles. The first-order valence-electron chi connectivity index (χ1n) is 9.63. The lowest BCUT2D eigenvalue weighted by Crippen LogP contribution is -2.19. The normalized spacial score (nSPS) is 10.6.